The number of carboxylic acid groups (broad SMARTS) is 1. The number of primary amides is 2. The summed E-state index contributed by atoms with van der Waals surface area (Å²) >= 11 is 16.0. The second-order valence-corrected chi connectivity index (χ2v) is 34.4. The molecule has 18 heteroatoms. The zero-order chi connectivity index (χ0) is 74.7. The molecule has 0 radical (unpaired) electrons. The summed E-state index contributed by atoms with van der Waals surface area (Å²) in [4.78, 5) is 57.4. The molecule has 544 valence electrons. The van der Waals surface area contributed by atoms with Crippen LogP contribution in [0.25, 0.3) is 0 Å². The third-order valence-electron chi connectivity index (χ3n) is 18.2. The van der Waals surface area contributed by atoms with Crippen LogP contribution in [0.4, 0.5) is 0 Å². The van der Waals surface area contributed by atoms with Gasteiger partial charge in [-0.25, -0.2) is 0 Å². The molecule has 4 fully saturated rings. The summed E-state index contributed by atoms with van der Waals surface area (Å²) in [5, 5.41) is 10.5. The molecule has 0 aliphatic heterocycles. The average molecular weight is 1630 g/mol. The van der Waals surface area contributed by atoms with Gasteiger partial charge >= 0.3 is 17.9 Å². The number of carbonyl (C=O) groups is 5. The standard InChI is InChI=1S/C18H18O2S.C17H17NO2S.C17H17NOS.C17H16O2S.C13H12S.C5H8Br2O2/c1-20-17(19)18(12-13-18)21-16(14-8-4-2-5-9-14)15-10-6-3-7-11-15;18-16(19)17(11-12-17)21(20)15(13-7-3-1-4-8-13)14-9-5-2-6-10-14;2*18-16(19)17(11-12-17)20-15(13-7-3-1-4-8-13)14-9-5-2-6-10-14;14-13(11-7-3-1-4-8-11)12-9-5-2-6-10-12;1-9-5(8)4(7)2-3-6/h2-11,16H,12-13H2,1H3;1-10,15H,11-12H2,(H2,18,19);1-10,15H,11-12H2,(H2,18,19);1-10,15H,11-12H2,(H,18,19);1-10,13-14H;4H,2-3H2,1H3. The van der Waals surface area contributed by atoms with Gasteiger partial charge in [-0.2, -0.15) is 12.6 Å². The van der Waals surface area contributed by atoms with Crippen LogP contribution in [0.15, 0.2) is 303 Å². The number of thioether (sulfide) groups is 3. The van der Waals surface area contributed by atoms with Gasteiger partial charge in [0.25, 0.3) is 0 Å². The van der Waals surface area contributed by atoms with E-state index in [2.05, 4.69) is 146 Å². The second-order valence-electron chi connectivity index (χ2n) is 25.7. The van der Waals surface area contributed by atoms with Gasteiger partial charge < -0.3 is 26.0 Å². The van der Waals surface area contributed by atoms with Gasteiger partial charge in [-0.1, -0.05) is 335 Å². The molecule has 5 N–H and O–H groups in total. The Morgan fingerprint density at radius 2 is 0.667 bits per heavy atom. The van der Waals surface area contributed by atoms with E-state index in [4.69, 9.17) is 16.2 Å². The number of benzene rings is 10. The van der Waals surface area contributed by atoms with Gasteiger partial charge in [-0.3, -0.25) is 28.2 Å². The molecule has 4 saturated carbocycles. The molecular formula is C87H88Br2N2O9S5. The van der Waals surface area contributed by atoms with Crippen LogP contribution in [-0.4, -0.2) is 82.4 Å². The maximum absolute atomic E-state index is 13.1. The van der Waals surface area contributed by atoms with E-state index < -0.39 is 32.2 Å². The van der Waals surface area contributed by atoms with Gasteiger partial charge in [0.15, 0.2) is 0 Å². The maximum Gasteiger partial charge on any atom is 0.321 e. The summed E-state index contributed by atoms with van der Waals surface area (Å²) in [7, 11) is 1.49. The molecule has 10 aromatic carbocycles. The summed E-state index contributed by atoms with van der Waals surface area (Å²) in [6, 6.07) is 102. The van der Waals surface area contributed by atoms with Crippen molar-refractivity contribution in [2.45, 2.75) is 108 Å². The van der Waals surface area contributed by atoms with E-state index in [0.29, 0.717) is 12.8 Å². The Bertz CT molecular complexity index is 4020. The third kappa shape index (κ3) is 23.0. The fourth-order valence-electron chi connectivity index (χ4n) is 11.5. The smallest absolute Gasteiger partial charge is 0.321 e. The van der Waals surface area contributed by atoms with Gasteiger partial charge in [0, 0.05) is 16.1 Å². The average Bonchev–Trinajstić information content (AvgIpc) is 1.65. The first-order chi connectivity index (χ1) is 50.9. The fourth-order valence-corrected chi connectivity index (χ4v) is 19.8. The van der Waals surface area contributed by atoms with Gasteiger partial charge in [0.2, 0.25) is 11.8 Å². The largest absolute Gasteiger partial charge is 0.480 e. The summed E-state index contributed by atoms with van der Waals surface area (Å²) in [5.74, 6) is -1.62. The minimum atomic E-state index is -1.36. The first-order valence-electron chi connectivity index (χ1n) is 34.7. The van der Waals surface area contributed by atoms with E-state index in [1.54, 1.807) is 35.3 Å². The number of rotatable bonds is 25. The van der Waals surface area contributed by atoms with Crippen LogP contribution in [0.5, 0.6) is 0 Å². The Balaban J connectivity index is 0.000000148. The number of alkyl halides is 2. The number of halogens is 2. The predicted octanol–water partition coefficient (Wildman–Crippen LogP) is 19.8. The lowest BCUT2D eigenvalue weighted by Crippen LogP contribution is -2.37. The molecule has 4 aliphatic rings. The van der Waals surface area contributed by atoms with E-state index >= 15 is 0 Å². The molecule has 11 nitrogen and oxygen atoms in total. The van der Waals surface area contributed by atoms with Gasteiger partial charge in [0.1, 0.15) is 19.1 Å². The van der Waals surface area contributed by atoms with Crippen LogP contribution in [-0.2, 0) is 44.2 Å². The van der Waals surface area contributed by atoms with E-state index in [9.17, 15) is 33.3 Å². The van der Waals surface area contributed by atoms with E-state index in [1.165, 1.54) is 47.6 Å². The SMILES string of the molecule is COC(=O)C(Br)CCBr.COC(=O)C1(SC(c2ccccc2)c2ccccc2)CC1.NC(=O)C1(S(=O)C(c2ccccc2)c2ccccc2)CC1.NC(=O)C1(SC(c2ccccc2)c2ccccc2)CC1.O=C(O)C1(SC(c2ccccc2)c2ccccc2)CC1.SC(c1ccccc1)c1ccccc1. The number of amides is 2. The number of ether oxygens (including phenoxy) is 2. The van der Waals surface area contributed by atoms with Crippen molar-refractivity contribution in [1.82, 2.24) is 0 Å². The quantitative estimate of drug-likeness (QED) is 0.0241. The molecule has 4 aliphatic carbocycles. The van der Waals surface area contributed by atoms with Crippen LogP contribution in [0.1, 0.15) is 140 Å². The monoisotopic (exact) mass is 1620 g/mol. The first-order valence-corrected chi connectivity index (χ1v) is 41.1. The second kappa shape index (κ2) is 40.1. The molecule has 14 rings (SSSR count). The highest BCUT2D eigenvalue weighted by atomic mass is 79.9. The molecule has 0 saturated heterocycles. The predicted molar refractivity (Wildman–Crippen MR) is 443 cm³/mol. The highest BCUT2D eigenvalue weighted by molar-refractivity contribution is 9.10. The number of hydrogen-bond acceptors (Lipinski definition) is 12. The number of hydrogen-bond donors (Lipinski definition) is 4. The van der Waals surface area contributed by atoms with Crippen molar-refractivity contribution < 1.29 is 42.8 Å². The first kappa shape index (κ1) is 81.1. The number of esters is 2. The summed E-state index contributed by atoms with van der Waals surface area (Å²) < 4.78 is 20.4. The Morgan fingerprint density at radius 1 is 0.410 bits per heavy atom. The lowest BCUT2D eigenvalue weighted by atomic mass is 10.0. The Labute approximate surface area is 655 Å². The number of aliphatic carboxylic acids is 1. The van der Waals surface area contributed by atoms with Gasteiger partial charge in [-0.05, 0) is 113 Å². The van der Waals surface area contributed by atoms with Crippen molar-refractivity contribution in [3.63, 3.8) is 0 Å². The minimum absolute atomic E-state index is 0.0796. The molecule has 0 spiro atoms. The van der Waals surface area contributed by atoms with Gasteiger partial charge in [0.05, 0.1) is 45.2 Å². The Morgan fingerprint density at radius 3 is 0.886 bits per heavy atom. The molecule has 105 heavy (non-hydrogen) atoms. The number of nitrogens with two attached hydrogens (primary N) is 2. The Hall–Kier alpha value is -7.94. The van der Waals surface area contributed by atoms with Crippen molar-refractivity contribution >= 4 is 120 Å². The molecule has 10 aromatic rings. The molecule has 2 atom stereocenters. The zero-order valence-corrected chi connectivity index (χ0v) is 65.9. The fraction of sp³-hybridized carbons (Fsp3) is 0.253. The summed E-state index contributed by atoms with van der Waals surface area (Å²) in [5.41, 5.74) is 22.7. The van der Waals surface area contributed by atoms with Crippen LogP contribution in [0.3, 0.4) is 0 Å². The topological polar surface area (TPSA) is 193 Å². The van der Waals surface area contributed by atoms with Crippen LogP contribution in [0.2, 0.25) is 0 Å². The molecular weight excluding hydrogens is 1540 g/mol. The van der Waals surface area contributed by atoms with E-state index in [0.717, 1.165) is 72.5 Å². The highest BCUT2D eigenvalue weighted by Crippen LogP contribution is 2.58. The van der Waals surface area contributed by atoms with Crippen molar-refractivity contribution in [2.24, 2.45) is 11.5 Å². The third-order valence-corrected chi connectivity index (χ3v) is 27.9. The van der Waals surface area contributed by atoms with Crippen molar-refractivity contribution in [3.8, 4) is 0 Å². The summed E-state index contributed by atoms with van der Waals surface area (Å²) in [6.45, 7) is 0. The lowest BCUT2D eigenvalue weighted by Gasteiger charge is -2.22. The maximum atomic E-state index is 13.1. The van der Waals surface area contributed by atoms with Crippen molar-refractivity contribution in [3.05, 3.63) is 359 Å². The van der Waals surface area contributed by atoms with Gasteiger partial charge in [-0.15, -0.1) is 35.3 Å². The molecule has 2 unspecified atom stereocenters. The molecule has 0 heterocycles. The van der Waals surface area contributed by atoms with Crippen LogP contribution < -0.4 is 11.5 Å². The van der Waals surface area contributed by atoms with Crippen molar-refractivity contribution in [1.29, 1.82) is 0 Å². The van der Waals surface area contributed by atoms with E-state index in [1.807, 2.05) is 206 Å². The van der Waals surface area contributed by atoms with E-state index in [-0.39, 0.29) is 58.4 Å². The zero-order valence-electron chi connectivity index (χ0n) is 58.6. The number of methoxy groups -OCH3 is 2. The molecule has 0 aromatic heterocycles. The molecule has 0 bridgehead atoms. The normalized spacial score (nSPS) is 15.2. The number of carboxylic acids is 1. The lowest BCUT2D eigenvalue weighted by molar-refractivity contribution is -0.141. The Kier molecular flexibility index (Phi) is 31.0. The van der Waals surface area contributed by atoms with Crippen LogP contribution >= 0.6 is 79.8 Å². The van der Waals surface area contributed by atoms with Crippen molar-refractivity contribution in [2.75, 3.05) is 19.5 Å². The van der Waals surface area contributed by atoms with Crippen LogP contribution in [0, 0.1) is 0 Å². The number of carbonyl (C=O) groups excluding carboxylic acids is 4. The number of thiol groups is 1. The highest BCUT2D eigenvalue weighted by Gasteiger charge is 2.57. The summed E-state index contributed by atoms with van der Waals surface area (Å²) in [6.07, 6.45) is 7.11. The molecule has 2 amide bonds. The minimum Gasteiger partial charge on any atom is -0.480 e.